The van der Waals surface area contributed by atoms with E-state index in [1.54, 1.807) is 14.2 Å². The molecule has 4 nitrogen and oxygen atoms in total. The van der Waals surface area contributed by atoms with Crippen molar-refractivity contribution in [2.45, 2.75) is 6.04 Å². The number of halogens is 1. The number of methoxy groups -OCH3 is 2. The molecule has 0 saturated heterocycles. The van der Waals surface area contributed by atoms with Gasteiger partial charge in [-0.3, -0.25) is 0 Å². The number of benzene rings is 2. The molecule has 0 heterocycles. The Labute approximate surface area is 132 Å². The molecule has 2 aromatic rings. The molecule has 2 N–H and O–H groups in total. The monoisotopic (exact) mass is 351 g/mol. The molecule has 2 rings (SSSR count). The van der Waals surface area contributed by atoms with Crippen molar-refractivity contribution < 1.29 is 14.6 Å². The number of aliphatic hydroxyl groups is 1. The van der Waals surface area contributed by atoms with Crippen molar-refractivity contribution in [2.24, 2.45) is 0 Å². The molecule has 21 heavy (non-hydrogen) atoms. The van der Waals surface area contributed by atoms with E-state index in [4.69, 9.17) is 9.47 Å². The van der Waals surface area contributed by atoms with Crippen LogP contribution >= 0.6 is 15.9 Å². The number of aliphatic hydroxyl groups excluding tert-OH is 1. The Hall–Kier alpha value is -1.72. The summed E-state index contributed by atoms with van der Waals surface area (Å²) < 4.78 is 11.2. The third kappa shape index (κ3) is 3.89. The molecule has 0 aliphatic rings. The van der Waals surface area contributed by atoms with Gasteiger partial charge >= 0.3 is 0 Å². The third-order valence-corrected chi connectivity index (χ3v) is 3.81. The van der Waals surface area contributed by atoms with Crippen LogP contribution < -0.4 is 14.8 Å². The fraction of sp³-hybridized carbons (Fsp3) is 0.250. The Morgan fingerprint density at radius 1 is 1.10 bits per heavy atom. The van der Waals surface area contributed by atoms with Crippen molar-refractivity contribution in [2.75, 3.05) is 26.1 Å². The number of nitrogens with one attached hydrogen (secondary N) is 1. The SMILES string of the molecule is COc1ccc(NC(CO)c2ccc(OC)c(Br)c2)cc1. The lowest BCUT2D eigenvalue weighted by molar-refractivity contribution is 0.276. The summed E-state index contributed by atoms with van der Waals surface area (Å²) in [6, 6.07) is 13.1. The van der Waals surface area contributed by atoms with Crippen molar-refractivity contribution >= 4 is 21.6 Å². The van der Waals surface area contributed by atoms with E-state index in [2.05, 4.69) is 21.2 Å². The summed E-state index contributed by atoms with van der Waals surface area (Å²) in [7, 11) is 3.26. The van der Waals surface area contributed by atoms with Crippen molar-refractivity contribution in [1.82, 2.24) is 0 Å². The number of hydrogen-bond donors (Lipinski definition) is 2. The van der Waals surface area contributed by atoms with Gasteiger partial charge in [-0.1, -0.05) is 6.07 Å². The fourth-order valence-electron chi connectivity index (χ4n) is 2.02. The second kappa shape index (κ2) is 7.33. The summed E-state index contributed by atoms with van der Waals surface area (Å²) in [5.41, 5.74) is 1.89. The van der Waals surface area contributed by atoms with Gasteiger partial charge in [0.05, 0.1) is 31.3 Å². The van der Waals surface area contributed by atoms with Crippen molar-refractivity contribution in [3.8, 4) is 11.5 Å². The molecule has 0 aliphatic carbocycles. The highest BCUT2D eigenvalue weighted by molar-refractivity contribution is 9.10. The molecule has 1 unspecified atom stereocenters. The van der Waals surface area contributed by atoms with Crippen LogP contribution in [0.1, 0.15) is 11.6 Å². The van der Waals surface area contributed by atoms with Gasteiger partial charge in [0.15, 0.2) is 0 Å². The molecular formula is C16H18BrNO3. The first-order valence-electron chi connectivity index (χ1n) is 6.52. The van der Waals surface area contributed by atoms with Gasteiger partial charge in [0.2, 0.25) is 0 Å². The standard InChI is InChI=1S/C16H18BrNO3/c1-20-13-6-4-12(5-7-13)18-15(10-19)11-3-8-16(21-2)14(17)9-11/h3-9,15,18-19H,10H2,1-2H3. The Bertz CT molecular complexity index is 587. The summed E-state index contributed by atoms with van der Waals surface area (Å²) in [4.78, 5) is 0. The van der Waals surface area contributed by atoms with Crippen LogP contribution in [0.5, 0.6) is 11.5 Å². The van der Waals surface area contributed by atoms with Crippen LogP contribution in [-0.4, -0.2) is 25.9 Å². The molecule has 0 fully saturated rings. The van der Waals surface area contributed by atoms with Crippen LogP contribution in [0, 0.1) is 0 Å². The zero-order valence-electron chi connectivity index (χ0n) is 12.0. The maximum absolute atomic E-state index is 9.63. The van der Waals surface area contributed by atoms with Crippen LogP contribution in [0.2, 0.25) is 0 Å². The zero-order valence-corrected chi connectivity index (χ0v) is 13.6. The number of anilines is 1. The molecule has 2 aromatic carbocycles. The smallest absolute Gasteiger partial charge is 0.133 e. The maximum Gasteiger partial charge on any atom is 0.133 e. The van der Waals surface area contributed by atoms with Crippen molar-refractivity contribution in [1.29, 1.82) is 0 Å². The van der Waals surface area contributed by atoms with E-state index < -0.39 is 0 Å². The topological polar surface area (TPSA) is 50.7 Å². The highest BCUT2D eigenvalue weighted by Gasteiger charge is 2.12. The predicted molar refractivity (Wildman–Crippen MR) is 87.1 cm³/mol. The van der Waals surface area contributed by atoms with Crippen molar-refractivity contribution in [3.63, 3.8) is 0 Å². The predicted octanol–water partition coefficient (Wildman–Crippen LogP) is 3.61. The van der Waals surface area contributed by atoms with Gasteiger partial charge in [0.25, 0.3) is 0 Å². The van der Waals surface area contributed by atoms with Crippen LogP contribution in [0.25, 0.3) is 0 Å². The minimum atomic E-state index is -0.194. The van der Waals surface area contributed by atoms with Crippen LogP contribution in [0.3, 0.4) is 0 Å². The zero-order chi connectivity index (χ0) is 15.2. The van der Waals surface area contributed by atoms with Gasteiger partial charge in [-0.25, -0.2) is 0 Å². The van der Waals surface area contributed by atoms with E-state index in [0.29, 0.717) is 0 Å². The molecule has 0 aromatic heterocycles. The van der Waals surface area contributed by atoms with E-state index in [0.717, 1.165) is 27.2 Å². The minimum absolute atomic E-state index is 0.00913. The average molecular weight is 352 g/mol. The van der Waals surface area contributed by atoms with Crippen LogP contribution in [0.4, 0.5) is 5.69 Å². The lowest BCUT2D eigenvalue weighted by atomic mass is 10.1. The van der Waals surface area contributed by atoms with E-state index in [-0.39, 0.29) is 12.6 Å². The molecule has 0 aliphatic heterocycles. The van der Waals surface area contributed by atoms with Gasteiger partial charge in [0, 0.05) is 5.69 Å². The second-order valence-corrected chi connectivity index (χ2v) is 5.36. The molecular weight excluding hydrogens is 334 g/mol. The quantitative estimate of drug-likeness (QED) is 0.834. The number of ether oxygens (including phenoxy) is 2. The Morgan fingerprint density at radius 2 is 1.81 bits per heavy atom. The highest BCUT2D eigenvalue weighted by Crippen LogP contribution is 2.29. The molecule has 5 heteroatoms. The largest absolute Gasteiger partial charge is 0.497 e. The van der Waals surface area contributed by atoms with E-state index in [1.807, 2.05) is 42.5 Å². The maximum atomic E-state index is 9.63. The minimum Gasteiger partial charge on any atom is -0.497 e. The van der Waals surface area contributed by atoms with Crippen molar-refractivity contribution in [3.05, 3.63) is 52.5 Å². The first-order valence-corrected chi connectivity index (χ1v) is 7.32. The van der Waals surface area contributed by atoms with E-state index in [9.17, 15) is 5.11 Å². The first-order chi connectivity index (χ1) is 10.2. The number of rotatable bonds is 6. The van der Waals surface area contributed by atoms with E-state index in [1.165, 1.54) is 0 Å². The average Bonchev–Trinajstić information content (AvgIpc) is 2.53. The van der Waals surface area contributed by atoms with Gasteiger partial charge in [-0.15, -0.1) is 0 Å². The lowest BCUT2D eigenvalue weighted by Crippen LogP contribution is -2.14. The summed E-state index contributed by atoms with van der Waals surface area (Å²) >= 11 is 3.46. The van der Waals surface area contributed by atoms with Gasteiger partial charge in [-0.2, -0.15) is 0 Å². The molecule has 0 radical (unpaired) electrons. The third-order valence-electron chi connectivity index (χ3n) is 3.19. The van der Waals surface area contributed by atoms with E-state index >= 15 is 0 Å². The summed E-state index contributed by atoms with van der Waals surface area (Å²) in [6.45, 7) is -0.00913. The summed E-state index contributed by atoms with van der Waals surface area (Å²) in [5.74, 6) is 1.56. The van der Waals surface area contributed by atoms with Crippen LogP contribution in [0.15, 0.2) is 46.9 Å². The molecule has 0 amide bonds. The molecule has 0 spiro atoms. The molecule has 0 saturated carbocycles. The Morgan fingerprint density at radius 3 is 2.33 bits per heavy atom. The van der Waals surface area contributed by atoms with Crippen LogP contribution in [-0.2, 0) is 0 Å². The Kier molecular flexibility index (Phi) is 5.47. The summed E-state index contributed by atoms with van der Waals surface area (Å²) in [6.07, 6.45) is 0. The van der Waals surface area contributed by atoms with Gasteiger partial charge < -0.3 is 19.9 Å². The summed E-state index contributed by atoms with van der Waals surface area (Å²) in [5, 5.41) is 12.9. The normalized spacial score (nSPS) is 11.8. The molecule has 0 bridgehead atoms. The molecule has 1 atom stereocenters. The van der Waals surface area contributed by atoms with Gasteiger partial charge in [0.1, 0.15) is 11.5 Å². The lowest BCUT2D eigenvalue weighted by Gasteiger charge is -2.19. The number of hydrogen-bond acceptors (Lipinski definition) is 4. The fourth-order valence-corrected chi connectivity index (χ4v) is 2.58. The first kappa shape index (κ1) is 15.7. The Balaban J connectivity index is 2.16. The second-order valence-electron chi connectivity index (χ2n) is 4.50. The molecule has 112 valence electrons. The van der Waals surface area contributed by atoms with Gasteiger partial charge in [-0.05, 0) is 57.9 Å². The highest BCUT2D eigenvalue weighted by atomic mass is 79.9.